The van der Waals surface area contributed by atoms with Gasteiger partial charge in [0.15, 0.2) is 0 Å². The quantitative estimate of drug-likeness (QED) is 0.873. The van der Waals surface area contributed by atoms with Crippen LogP contribution in [0, 0.1) is 5.92 Å². The first-order valence-electron chi connectivity index (χ1n) is 6.43. The molecule has 0 radical (unpaired) electrons. The number of carbonyl (C=O) groups excluding carboxylic acids is 1. The molecule has 0 saturated carbocycles. The largest absolute Gasteiger partial charge is 0.326 e. The maximum atomic E-state index is 12.0. The van der Waals surface area contributed by atoms with Crippen LogP contribution in [0.15, 0.2) is 43.0 Å². The molecule has 1 fully saturated rings. The topological polar surface area (TPSA) is 59.0 Å². The lowest BCUT2D eigenvalue weighted by molar-refractivity contribution is -0.119. The molecule has 0 aliphatic carbocycles. The van der Waals surface area contributed by atoms with Gasteiger partial charge in [-0.25, -0.2) is 4.98 Å². The number of benzene rings is 1. The van der Waals surface area contributed by atoms with Gasteiger partial charge in [0, 0.05) is 30.3 Å². The second-order valence-electron chi connectivity index (χ2n) is 4.70. The van der Waals surface area contributed by atoms with Gasteiger partial charge >= 0.3 is 0 Å². The summed E-state index contributed by atoms with van der Waals surface area (Å²) in [4.78, 5) is 16.1. The van der Waals surface area contributed by atoms with Crippen LogP contribution in [0.3, 0.4) is 0 Å². The number of hydrogen-bond acceptors (Lipinski definition) is 3. The van der Waals surface area contributed by atoms with E-state index in [0.29, 0.717) is 0 Å². The van der Waals surface area contributed by atoms with Crippen molar-refractivity contribution in [2.75, 3.05) is 18.4 Å². The van der Waals surface area contributed by atoms with Crippen molar-refractivity contribution in [1.82, 2.24) is 14.9 Å². The van der Waals surface area contributed by atoms with Gasteiger partial charge in [0.25, 0.3) is 0 Å². The molecular weight excluding hydrogens is 240 g/mol. The molecule has 3 rings (SSSR count). The van der Waals surface area contributed by atoms with E-state index in [9.17, 15) is 4.79 Å². The Kier molecular flexibility index (Phi) is 3.29. The van der Waals surface area contributed by atoms with Crippen LogP contribution in [0.4, 0.5) is 5.69 Å². The molecule has 98 valence electrons. The number of hydrogen-bond donors (Lipinski definition) is 2. The number of aromatic nitrogens is 2. The normalized spacial score (nSPS) is 18.4. The lowest BCUT2D eigenvalue weighted by atomic mass is 10.1. The number of carbonyl (C=O) groups is 1. The predicted molar refractivity (Wildman–Crippen MR) is 73.2 cm³/mol. The fourth-order valence-corrected chi connectivity index (χ4v) is 2.28. The zero-order valence-corrected chi connectivity index (χ0v) is 10.5. The molecule has 1 aromatic carbocycles. The first-order valence-corrected chi connectivity index (χ1v) is 6.43. The molecule has 0 spiro atoms. The summed E-state index contributed by atoms with van der Waals surface area (Å²) in [5, 5.41) is 6.17. The van der Waals surface area contributed by atoms with Crippen LogP contribution < -0.4 is 10.6 Å². The summed E-state index contributed by atoms with van der Waals surface area (Å²) < 4.78 is 1.91. The van der Waals surface area contributed by atoms with Gasteiger partial charge in [0.05, 0.1) is 12.2 Å². The summed E-state index contributed by atoms with van der Waals surface area (Å²) in [6.45, 7) is 1.69. The highest BCUT2D eigenvalue weighted by Crippen LogP contribution is 2.16. The van der Waals surface area contributed by atoms with Gasteiger partial charge in [-0.3, -0.25) is 4.79 Å². The summed E-state index contributed by atoms with van der Waals surface area (Å²) >= 11 is 0. The van der Waals surface area contributed by atoms with E-state index < -0.39 is 0 Å². The Labute approximate surface area is 111 Å². The summed E-state index contributed by atoms with van der Waals surface area (Å²) in [5.74, 6) is 0.171. The second-order valence-corrected chi connectivity index (χ2v) is 4.70. The fraction of sp³-hybridized carbons (Fsp3) is 0.286. The van der Waals surface area contributed by atoms with E-state index >= 15 is 0 Å². The molecule has 1 amide bonds. The van der Waals surface area contributed by atoms with Crippen molar-refractivity contribution < 1.29 is 4.79 Å². The standard InChI is InChI=1S/C14H16N4O/c19-14(11-4-5-15-9-11)17-12-2-1-3-13(8-12)18-7-6-16-10-18/h1-3,6-8,10-11,15H,4-5,9H2,(H,17,19). The van der Waals surface area contributed by atoms with E-state index in [1.54, 1.807) is 12.5 Å². The molecule has 1 aromatic heterocycles. The molecule has 5 nitrogen and oxygen atoms in total. The van der Waals surface area contributed by atoms with Crippen molar-refractivity contribution in [1.29, 1.82) is 0 Å². The van der Waals surface area contributed by atoms with Crippen molar-refractivity contribution in [3.63, 3.8) is 0 Å². The highest BCUT2D eigenvalue weighted by atomic mass is 16.1. The zero-order chi connectivity index (χ0) is 13.1. The van der Waals surface area contributed by atoms with E-state index in [2.05, 4.69) is 15.6 Å². The van der Waals surface area contributed by atoms with E-state index in [1.807, 2.05) is 35.0 Å². The fourth-order valence-electron chi connectivity index (χ4n) is 2.28. The van der Waals surface area contributed by atoms with Crippen molar-refractivity contribution in [2.24, 2.45) is 5.92 Å². The third-order valence-electron chi connectivity index (χ3n) is 3.35. The van der Waals surface area contributed by atoms with Crippen LogP contribution in [0.25, 0.3) is 5.69 Å². The predicted octanol–water partition coefficient (Wildman–Crippen LogP) is 1.42. The van der Waals surface area contributed by atoms with Crippen molar-refractivity contribution in [3.05, 3.63) is 43.0 Å². The third kappa shape index (κ3) is 2.66. The van der Waals surface area contributed by atoms with Gasteiger partial charge in [0.2, 0.25) is 5.91 Å². The average Bonchev–Trinajstić information content (AvgIpc) is 3.13. The molecule has 1 unspecified atom stereocenters. The smallest absolute Gasteiger partial charge is 0.228 e. The van der Waals surface area contributed by atoms with Gasteiger partial charge < -0.3 is 15.2 Å². The molecule has 19 heavy (non-hydrogen) atoms. The second kappa shape index (κ2) is 5.24. The molecule has 1 aliphatic rings. The van der Waals surface area contributed by atoms with Crippen LogP contribution in [0.5, 0.6) is 0 Å². The molecule has 1 saturated heterocycles. The molecular formula is C14H16N4O. The maximum Gasteiger partial charge on any atom is 0.228 e. The summed E-state index contributed by atoms with van der Waals surface area (Å²) in [6, 6.07) is 7.76. The van der Waals surface area contributed by atoms with Crippen molar-refractivity contribution >= 4 is 11.6 Å². The minimum atomic E-state index is 0.0805. The average molecular weight is 256 g/mol. The minimum absolute atomic E-state index is 0.0805. The Hall–Kier alpha value is -2.14. The summed E-state index contributed by atoms with van der Waals surface area (Å²) in [7, 11) is 0. The van der Waals surface area contributed by atoms with Crippen molar-refractivity contribution in [3.8, 4) is 5.69 Å². The first-order chi connectivity index (χ1) is 9.33. The lowest BCUT2D eigenvalue weighted by Crippen LogP contribution is -2.24. The highest BCUT2D eigenvalue weighted by molar-refractivity contribution is 5.93. The molecule has 2 N–H and O–H groups in total. The Bertz CT molecular complexity index is 559. The SMILES string of the molecule is O=C(Nc1cccc(-n2ccnc2)c1)C1CCNC1. The van der Waals surface area contributed by atoms with Gasteiger partial charge in [-0.05, 0) is 31.2 Å². The van der Waals surface area contributed by atoms with E-state index in [-0.39, 0.29) is 11.8 Å². The monoisotopic (exact) mass is 256 g/mol. The van der Waals surface area contributed by atoms with E-state index in [1.165, 1.54) is 0 Å². The number of amides is 1. The summed E-state index contributed by atoms with van der Waals surface area (Å²) in [6.07, 6.45) is 6.26. The molecule has 1 atom stereocenters. The Morgan fingerprint density at radius 3 is 3.16 bits per heavy atom. The van der Waals surface area contributed by atoms with Crippen molar-refractivity contribution in [2.45, 2.75) is 6.42 Å². The first kappa shape index (κ1) is 11.9. The van der Waals surface area contributed by atoms with Gasteiger partial charge in [0.1, 0.15) is 0 Å². The minimum Gasteiger partial charge on any atom is -0.326 e. The molecule has 2 aromatic rings. The van der Waals surface area contributed by atoms with Crippen LogP contribution in [0.1, 0.15) is 6.42 Å². The van der Waals surface area contributed by atoms with Crippen LogP contribution in [-0.4, -0.2) is 28.5 Å². The Morgan fingerprint density at radius 1 is 1.47 bits per heavy atom. The summed E-state index contributed by atoms with van der Waals surface area (Å²) in [5.41, 5.74) is 1.81. The lowest BCUT2D eigenvalue weighted by Gasteiger charge is -2.11. The Morgan fingerprint density at radius 2 is 2.42 bits per heavy atom. The molecule has 0 bridgehead atoms. The Balaban J connectivity index is 1.74. The number of nitrogens with one attached hydrogen (secondary N) is 2. The van der Waals surface area contributed by atoms with Crippen LogP contribution in [0.2, 0.25) is 0 Å². The van der Waals surface area contributed by atoms with Crippen LogP contribution >= 0.6 is 0 Å². The molecule has 5 heteroatoms. The number of imidazole rings is 1. The number of anilines is 1. The zero-order valence-electron chi connectivity index (χ0n) is 10.5. The number of nitrogens with zero attached hydrogens (tertiary/aromatic N) is 2. The molecule has 2 heterocycles. The van der Waals surface area contributed by atoms with E-state index in [0.717, 1.165) is 30.9 Å². The highest BCUT2D eigenvalue weighted by Gasteiger charge is 2.22. The number of rotatable bonds is 3. The van der Waals surface area contributed by atoms with E-state index in [4.69, 9.17) is 0 Å². The third-order valence-corrected chi connectivity index (χ3v) is 3.35. The van der Waals surface area contributed by atoms with Crippen LogP contribution in [-0.2, 0) is 4.79 Å². The van der Waals surface area contributed by atoms with Gasteiger partial charge in [-0.15, -0.1) is 0 Å². The molecule has 1 aliphatic heterocycles. The van der Waals surface area contributed by atoms with Gasteiger partial charge in [-0.2, -0.15) is 0 Å². The van der Waals surface area contributed by atoms with Gasteiger partial charge in [-0.1, -0.05) is 6.07 Å². The maximum absolute atomic E-state index is 12.0.